The van der Waals surface area contributed by atoms with Gasteiger partial charge in [0.25, 0.3) is 0 Å². The topological polar surface area (TPSA) is 70.4 Å². The van der Waals surface area contributed by atoms with Gasteiger partial charge in [-0.1, -0.05) is 19.1 Å². The van der Waals surface area contributed by atoms with Crippen molar-refractivity contribution in [3.05, 3.63) is 35.5 Å². The molecule has 0 aliphatic rings. The van der Waals surface area contributed by atoms with Gasteiger partial charge >= 0.3 is 5.97 Å². The lowest BCUT2D eigenvalue weighted by atomic mass is 10.1. The Bertz CT molecular complexity index is 563. The molecule has 0 aliphatic heterocycles. The summed E-state index contributed by atoms with van der Waals surface area (Å²) >= 11 is 0. The van der Waals surface area contributed by atoms with E-state index in [0.29, 0.717) is 10.9 Å². The Kier molecular flexibility index (Phi) is 2.48. The van der Waals surface area contributed by atoms with Crippen molar-refractivity contribution >= 4 is 16.9 Å². The van der Waals surface area contributed by atoms with Crippen LogP contribution >= 0.6 is 0 Å². The molecule has 4 heteroatoms. The molecule has 1 aromatic heterocycles. The summed E-state index contributed by atoms with van der Waals surface area (Å²) in [5.74, 6) is -1.39. The van der Waals surface area contributed by atoms with E-state index in [9.17, 15) is 9.90 Å². The number of pyridine rings is 1. The lowest BCUT2D eigenvalue weighted by Crippen LogP contribution is -1.99. The lowest BCUT2D eigenvalue weighted by molar-refractivity contribution is 0.0693. The van der Waals surface area contributed by atoms with E-state index in [1.165, 1.54) is 6.20 Å². The molecule has 16 heavy (non-hydrogen) atoms. The highest BCUT2D eigenvalue weighted by Gasteiger charge is 2.14. The predicted octanol–water partition coefficient (Wildman–Crippen LogP) is 2.20. The Labute approximate surface area is 92.2 Å². The maximum absolute atomic E-state index is 10.8. The van der Waals surface area contributed by atoms with E-state index in [2.05, 4.69) is 4.98 Å². The van der Waals surface area contributed by atoms with Gasteiger partial charge in [-0.3, -0.25) is 4.98 Å². The SMILES string of the molecule is CCc1cccc2c(O)c(C(=O)O)cnc12. The van der Waals surface area contributed by atoms with Crippen LogP contribution in [0.25, 0.3) is 10.9 Å². The maximum Gasteiger partial charge on any atom is 0.341 e. The Morgan fingerprint density at radius 2 is 2.19 bits per heavy atom. The van der Waals surface area contributed by atoms with Crippen molar-refractivity contribution in [2.75, 3.05) is 0 Å². The van der Waals surface area contributed by atoms with Crippen LogP contribution < -0.4 is 0 Å². The van der Waals surface area contributed by atoms with Gasteiger partial charge < -0.3 is 10.2 Å². The van der Waals surface area contributed by atoms with E-state index < -0.39 is 5.97 Å². The first kappa shape index (κ1) is 10.4. The number of nitrogens with zero attached hydrogens (tertiary/aromatic N) is 1. The van der Waals surface area contributed by atoms with Gasteiger partial charge in [0.1, 0.15) is 11.3 Å². The summed E-state index contributed by atoms with van der Waals surface area (Å²) in [4.78, 5) is 14.9. The second kappa shape index (κ2) is 3.81. The minimum absolute atomic E-state index is 0.166. The van der Waals surface area contributed by atoms with Crippen LogP contribution in [-0.4, -0.2) is 21.2 Å². The molecular formula is C12H11NO3. The van der Waals surface area contributed by atoms with E-state index in [1.54, 1.807) is 12.1 Å². The van der Waals surface area contributed by atoms with Crippen LogP contribution in [0, 0.1) is 0 Å². The first-order chi connectivity index (χ1) is 7.65. The van der Waals surface area contributed by atoms with E-state index in [4.69, 9.17) is 5.11 Å². The maximum atomic E-state index is 10.8. The first-order valence-electron chi connectivity index (χ1n) is 4.98. The molecule has 1 aromatic carbocycles. The fraction of sp³-hybridized carbons (Fsp3) is 0.167. The van der Waals surface area contributed by atoms with Gasteiger partial charge in [-0.05, 0) is 18.1 Å². The third kappa shape index (κ3) is 1.48. The van der Waals surface area contributed by atoms with Crippen LogP contribution in [0.1, 0.15) is 22.8 Å². The number of carboxylic acids is 1. The number of aryl methyl sites for hydroxylation is 1. The number of rotatable bonds is 2. The normalized spacial score (nSPS) is 10.6. The summed E-state index contributed by atoms with van der Waals surface area (Å²) in [6.45, 7) is 1.98. The monoisotopic (exact) mass is 217 g/mol. The number of benzene rings is 1. The Balaban J connectivity index is 2.81. The average Bonchev–Trinajstić information content (AvgIpc) is 2.28. The van der Waals surface area contributed by atoms with Gasteiger partial charge in [-0.15, -0.1) is 0 Å². The van der Waals surface area contributed by atoms with Gasteiger partial charge in [0.2, 0.25) is 0 Å². The van der Waals surface area contributed by atoms with E-state index in [-0.39, 0.29) is 11.3 Å². The van der Waals surface area contributed by atoms with Crippen molar-refractivity contribution in [1.82, 2.24) is 4.98 Å². The molecule has 2 rings (SSSR count). The molecule has 1 heterocycles. The van der Waals surface area contributed by atoms with Crippen LogP contribution in [0.15, 0.2) is 24.4 Å². The molecule has 0 fully saturated rings. The number of aromatic nitrogens is 1. The average molecular weight is 217 g/mol. The molecule has 0 saturated heterocycles. The third-order valence-corrected chi connectivity index (χ3v) is 2.56. The molecule has 2 N–H and O–H groups in total. The molecule has 0 spiro atoms. The summed E-state index contributed by atoms with van der Waals surface area (Å²) in [5.41, 5.74) is 1.48. The number of hydrogen-bond donors (Lipinski definition) is 2. The Hall–Kier alpha value is -2.10. The Morgan fingerprint density at radius 3 is 2.81 bits per heavy atom. The number of aromatic carboxylic acids is 1. The molecular weight excluding hydrogens is 206 g/mol. The second-order valence-corrected chi connectivity index (χ2v) is 3.49. The summed E-state index contributed by atoms with van der Waals surface area (Å²) in [7, 11) is 0. The van der Waals surface area contributed by atoms with Crippen molar-refractivity contribution in [1.29, 1.82) is 0 Å². The van der Waals surface area contributed by atoms with Crippen LogP contribution in [0.2, 0.25) is 0 Å². The summed E-state index contributed by atoms with van der Waals surface area (Å²) in [5, 5.41) is 19.2. The molecule has 0 amide bonds. The van der Waals surface area contributed by atoms with Gasteiger partial charge in [0, 0.05) is 11.6 Å². The minimum Gasteiger partial charge on any atom is -0.506 e. The highest BCUT2D eigenvalue weighted by Crippen LogP contribution is 2.28. The largest absolute Gasteiger partial charge is 0.506 e. The fourth-order valence-electron chi connectivity index (χ4n) is 1.71. The van der Waals surface area contributed by atoms with Gasteiger partial charge in [0.15, 0.2) is 0 Å². The molecule has 4 nitrogen and oxygen atoms in total. The minimum atomic E-state index is -1.17. The number of hydrogen-bond acceptors (Lipinski definition) is 3. The van der Waals surface area contributed by atoms with E-state index in [0.717, 1.165) is 12.0 Å². The summed E-state index contributed by atoms with van der Waals surface area (Å²) in [6.07, 6.45) is 1.98. The molecule has 2 aromatic rings. The highest BCUT2D eigenvalue weighted by molar-refractivity contribution is 5.99. The fourth-order valence-corrected chi connectivity index (χ4v) is 1.71. The van der Waals surface area contributed by atoms with Gasteiger partial charge in [-0.2, -0.15) is 0 Å². The zero-order valence-electron chi connectivity index (χ0n) is 8.77. The standard InChI is InChI=1S/C12H11NO3/c1-2-7-4-3-5-8-10(7)13-6-9(11(8)14)12(15)16/h3-6H,2H2,1H3,(H,13,14)(H,15,16). The van der Waals surface area contributed by atoms with Crippen LogP contribution in [-0.2, 0) is 6.42 Å². The Morgan fingerprint density at radius 1 is 1.44 bits per heavy atom. The number of fused-ring (bicyclic) bond motifs is 1. The van der Waals surface area contributed by atoms with Crippen molar-refractivity contribution in [2.24, 2.45) is 0 Å². The number of para-hydroxylation sites is 1. The molecule has 82 valence electrons. The molecule has 0 aliphatic carbocycles. The molecule has 0 unspecified atom stereocenters. The summed E-state index contributed by atoms with van der Waals surface area (Å²) in [6, 6.07) is 5.37. The summed E-state index contributed by atoms with van der Waals surface area (Å²) < 4.78 is 0. The van der Waals surface area contributed by atoms with Gasteiger partial charge in [0.05, 0.1) is 5.52 Å². The lowest BCUT2D eigenvalue weighted by Gasteiger charge is -2.06. The molecule has 0 radical (unpaired) electrons. The van der Waals surface area contributed by atoms with Crippen molar-refractivity contribution in [3.63, 3.8) is 0 Å². The van der Waals surface area contributed by atoms with E-state index >= 15 is 0 Å². The predicted molar refractivity (Wildman–Crippen MR) is 59.7 cm³/mol. The molecule has 0 atom stereocenters. The van der Waals surface area contributed by atoms with Crippen LogP contribution in [0.4, 0.5) is 0 Å². The number of aromatic hydroxyl groups is 1. The smallest absolute Gasteiger partial charge is 0.341 e. The van der Waals surface area contributed by atoms with E-state index in [1.807, 2.05) is 13.0 Å². The number of carbonyl (C=O) groups is 1. The van der Waals surface area contributed by atoms with Gasteiger partial charge in [-0.25, -0.2) is 4.79 Å². The van der Waals surface area contributed by atoms with Crippen molar-refractivity contribution in [2.45, 2.75) is 13.3 Å². The zero-order valence-corrected chi connectivity index (χ0v) is 8.77. The second-order valence-electron chi connectivity index (χ2n) is 3.49. The van der Waals surface area contributed by atoms with Crippen molar-refractivity contribution in [3.8, 4) is 5.75 Å². The number of carboxylic acid groups (broad SMARTS) is 1. The van der Waals surface area contributed by atoms with Crippen molar-refractivity contribution < 1.29 is 15.0 Å². The van der Waals surface area contributed by atoms with Crippen LogP contribution in [0.5, 0.6) is 5.75 Å². The quantitative estimate of drug-likeness (QED) is 0.809. The van der Waals surface area contributed by atoms with Crippen LogP contribution in [0.3, 0.4) is 0 Å². The third-order valence-electron chi connectivity index (χ3n) is 2.56. The first-order valence-corrected chi connectivity index (χ1v) is 4.98. The molecule has 0 bridgehead atoms. The molecule has 0 saturated carbocycles. The zero-order chi connectivity index (χ0) is 11.7. The highest BCUT2D eigenvalue weighted by atomic mass is 16.4.